The molecule has 0 aromatic carbocycles. The first-order chi connectivity index (χ1) is 8.18. The van der Waals surface area contributed by atoms with Gasteiger partial charge in [-0.2, -0.15) is 0 Å². The van der Waals surface area contributed by atoms with Crippen LogP contribution in [-0.2, 0) is 11.3 Å². The summed E-state index contributed by atoms with van der Waals surface area (Å²) in [5, 5.41) is 5.32. The molecule has 4 nitrogen and oxygen atoms in total. The standard InChI is InChI=1S/C12H19N3OS/c1-14-6-5-13-8-11(14)12(16)15(2)9-10-4-3-7-17-10/h3-4,7,11,13H,5-6,8-9H2,1-2H3. The van der Waals surface area contributed by atoms with Gasteiger partial charge < -0.3 is 10.2 Å². The lowest BCUT2D eigenvalue weighted by molar-refractivity contribution is -0.136. The highest BCUT2D eigenvalue weighted by atomic mass is 32.1. The molecule has 0 spiro atoms. The van der Waals surface area contributed by atoms with Crippen molar-refractivity contribution < 1.29 is 4.79 Å². The fourth-order valence-electron chi connectivity index (χ4n) is 2.05. The van der Waals surface area contributed by atoms with Gasteiger partial charge in [0.2, 0.25) is 5.91 Å². The zero-order valence-corrected chi connectivity index (χ0v) is 11.2. The Morgan fingerprint density at radius 3 is 3.18 bits per heavy atom. The second-order valence-electron chi connectivity index (χ2n) is 4.47. The molecule has 17 heavy (non-hydrogen) atoms. The Morgan fingerprint density at radius 1 is 1.71 bits per heavy atom. The van der Waals surface area contributed by atoms with Crippen molar-refractivity contribution in [3.8, 4) is 0 Å². The first-order valence-electron chi connectivity index (χ1n) is 5.87. The molecular formula is C12H19N3OS. The quantitative estimate of drug-likeness (QED) is 0.857. The van der Waals surface area contributed by atoms with Crippen LogP contribution in [0.2, 0.25) is 0 Å². The number of hydrogen-bond donors (Lipinski definition) is 1. The number of nitrogens with zero attached hydrogens (tertiary/aromatic N) is 2. The smallest absolute Gasteiger partial charge is 0.241 e. The van der Waals surface area contributed by atoms with Crippen LogP contribution in [0.3, 0.4) is 0 Å². The molecule has 1 fully saturated rings. The third kappa shape index (κ3) is 3.06. The lowest BCUT2D eigenvalue weighted by Crippen LogP contribution is -2.56. The number of carbonyl (C=O) groups is 1. The first-order valence-corrected chi connectivity index (χ1v) is 6.75. The summed E-state index contributed by atoms with van der Waals surface area (Å²) in [6, 6.07) is 4.07. The maximum absolute atomic E-state index is 12.3. The van der Waals surface area contributed by atoms with E-state index in [4.69, 9.17) is 0 Å². The Balaban J connectivity index is 1.94. The fourth-order valence-corrected chi connectivity index (χ4v) is 2.81. The van der Waals surface area contributed by atoms with E-state index >= 15 is 0 Å². The Hall–Kier alpha value is -0.910. The summed E-state index contributed by atoms with van der Waals surface area (Å²) in [5.41, 5.74) is 0. The molecule has 2 rings (SSSR count). The predicted molar refractivity (Wildman–Crippen MR) is 70.1 cm³/mol. The van der Waals surface area contributed by atoms with Crippen LogP contribution in [0.1, 0.15) is 4.88 Å². The van der Waals surface area contributed by atoms with E-state index in [1.165, 1.54) is 4.88 Å². The number of thiophene rings is 1. The van der Waals surface area contributed by atoms with E-state index in [1.807, 2.05) is 30.4 Å². The third-order valence-electron chi connectivity index (χ3n) is 3.15. The molecule has 0 saturated carbocycles. The van der Waals surface area contributed by atoms with Crippen LogP contribution in [0, 0.1) is 0 Å². The molecule has 94 valence electrons. The van der Waals surface area contributed by atoms with Gasteiger partial charge in [0, 0.05) is 31.6 Å². The summed E-state index contributed by atoms with van der Waals surface area (Å²) in [6.45, 7) is 3.36. The summed E-state index contributed by atoms with van der Waals surface area (Å²) in [6.07, 6.45) is 0. The van der Waals surface area contributed by atoms with Crippen molar-refractivity contribution in [2.45, 2.75) is 12.6 Å². The van der Waals surface area contributed by atoms with Gasteiger partial charge in [0.1, 0.15) is 6.04 Å². The molecule has 2 heterocycles. The molecule has 0 bridgehead atoms. The molecule has 1 aromatic rings. The first kappa shape index (κ1) is 12.5. The summed E-state index contributed by atoms with van der Waals surface area (Å²) in [4.78, 5) is 17.5. The lowest BCUT2D eigenvalue weighted by atomic mass is 10.2. The van der Waals surface area contributed by atoms with Gasteiger partial charge in [0.05, 0.1) is 6.54 Å². The monoisotopic (exact) mass is 253 g/mol. The average Bonchev–Trinajstić information content (AvgIpc) is 2.81. The molecule has 5 heteroatoms. The third-order valence-corrected chi connectivity index (χ3v) is 4.01. The number of hydrogen-bond acceptors (Lipinski definition) is 4. The van der Waals surface area contributed by atoms with Crippen molar-refractivity contribution in [1.29, 1.82) is 0 Å². The van der Waals surface area contributed by atoms with Gasteiger partial charge >= 0.3 is 0 Å². The van der Waals surface area contributed by atoms with Crippen LogP contribution in [-0.4, -0.2) is 55.5 Å². The van der Waals surface area contributed by atoms with E-state index in [0.717, 1.165) is 19.6 Å². The molecule has 1 N–H and O–H groups in total. The molecule has 1 aliphatic rings. The van der Waals surface area contributed by atoms with E-state index in [0.29, 0.717) is 6.54 Å². The molecule has 1 amide bonds. The number of nitrogens with one attached hydrogen (secondary N) is 1. The maximum Gasteiger partial charge on any atom is 0.241 e. The van der Waals surface area contributed by atoms with Gasteiger partial charge in [-0.3, -0.25) is 9.69 Å². The van der Waals surface area contributed by atoms with Crippen LogP contribution in [0.5, 0.6) is 0 Å². The highest BCUT2D eigenvalue weighted by Gasteiger charge is 2.28. The van der Waals surface area contributed by atoms with Crippen molar-refractivity contribution in [3.63, 3.8) is 0 Å². The minimum atomic E-state index is -0.0197. The molecule has 1 unspecified atom stereocenters. The molecule has 1 aliphatic heterocycles. The van der Waals surface area contributed by atoms with E-state index < -0.39 is 0 Å². The van der Waals surface area contributed by atoms with Crippen molar-refractivity contribution >= 4 is 17.2 Å². The van der Waals surface area contributed by atoms with Gasteiger partial charge in [-0.25, -0.2) is 0 Å². The van der Waals surface area contributed by atoms with Gasteiger partial charge in [0.25, 0.3) is 0 Å². The van der Waals surface area contributed by atoms with E-state index in [1.54, 1.807) is 11.3 Å². The van der Waals surface area contributed by atoms with Crippen molar-refractivity contribution in [2.24, 2.45) is 0 Å². The Labute approximate surface area is 106 Å². The van der Waals surface area contributed by atoms with E-state index in [9.17, 15) is 4.79 Å². The van der Waals surface area contributed by atoms with Gasteiger partial charge in [0.15, 0.2) is 0 Å². The average molecular weight is 253 g/mol. The second kappa shape index (κ2) is 5.62. The van der Waals surface area contributed by atoms with Crippen LogP contribution in [0.15, 0.2) is 17.5 Å². The molecule has 1 aromatic heterocycles. The highest BCUT2D eigenvalue weighted by Crippen LogP contribution is 2.12. The van der Waals surface area contributed by atoms with Crippen LogP contribution in [0.25, 0.3) is 0 Å². The molecular weight excluding hydrogens is 234 g/mol. The minimum Gasteiger partial charge on any atom is -0.339 e. The number of likely N-dealkylation sites (N-methyl/N-ethyl adjacent to an activating group) is 2. The zero-order chi connectivity index (χ0) is 12.3. The minimum absolute atomic E-state index is 0.0197. The van der Waals surface area contributed by atoms with Gasteiger partial charge in [-0.05, 0) is 18.5 Å². The highest BCUT2D eigenvalue weighted by molar-refractivity contribution is 7.09. The van der Waals surface area contributed by atoms with E-state index in [2.05, 4.69) is 16.3 Å². The van der Waals surface area contributed by atoms with Crippen LogP contribution < -0.4 is 5.32 Å². The van der Waals surface area contributed by atoms with E-state index in [-0.39, 0.29) is 11.9 Å². The maximum atomic E-state index is 12.3. The SMILES string of the molecule is CN(Cc1cccs1)C(=O)C1CNCCN1C. The van der Waals surface area contributed by atoms with Crippen molar-refractivity contribution in [1.82, 2.24) is 15.1 Å². The molecule has 1 atom stereocenters. The summed E-state index contributed by atoms with van der Waals surface area (Å²) in [5.74, 6) is 0.202. The molecule has 1 saturated heterocycles. The summed E-state index contributed by atoms with van der Waals surface area (Å²) >= 11 is 1.69. The molecule has 0 radical (unpaired) electrons. The Morgan fingerprint density at radius 2 is 2.53 bits per heavy atom. The topological polar surface area (TPSA) is 35.6 Å². The summed E-state index contributed by atoms with van der Waals surface area (Å²) in [7, 11) is 3.90. The predicted octanol–water partition coefficient (Wildman–Crippen LogP) is 0.610. The molecule has 0 aliphatic carbocycles. The number of rotatable bonds is 3. The normalized spacial score (nSPS) is 21.4. The largest absolute Gasteiger partial charge is 0.339 e. The van der Waals surface area contributed by atoms with Gasteiger partial charge in [-0.15, -0.1) is 11.3 Å². The lowest BCUT2D eigenvalue weighted by Gasteiger charge is -2.34. The number of carbonyl (C=O) groups excluding carboxylic acids is 1. The Bertz CT molecular complexity index is 366. The number of amides is 1. The van der Waals surface area contributed by atoms with Crippen LogP contribution >= 0.6 is 11.3 Å². The van der Waals surface area contributed by atoms with Gasteiger partial charge in [-0.1, -0.05) is 6.07 Å². The van der Waals surface area contributed by atoms with Crippen LogP contribution in [0.4, 0.5) is 0 Å². The zero-order valence-electron chi connectivity index (χ0n) is 10.3. The van der Waals surface area contributed by atoms with Crippen molar-refractivity contribution in [2.75, 3.05) is 33.7 Å². The fraction of sp³-hybridized carbons (Fsp3) is 0.583. The van der Waals surface area contributed by atoms with Crippen molar-refractivity contribution in [3.05, 3.63) is 22.4 Å². The number of piperazine rings is 1. The summed E-state index contributed by atoms with van der Waals surface area (Å²) < 4.78 is 0. The second-order valence-corrected chi connectivity index (χ2v) is 5.51. The Kier molecular flexibility index (Phi) is 4.15.